The van der Waals surface area contributed by atoms with Gasteiger partial charge in [-0.2, -0.15) is 4.98 Å². The van der Waals surface area contributed by atoms with Crippen molar-refractivity contribution in [1.82, 2.24) is 9.55 Å². The Bertz CT molecular complexity index is 522. The molecule has 1 aromatic rings. The molecule has 0 aromatic carbocycles. The number of aliphatic hydroxyl groups excluding tert-OH is 2. The van der Waals surface area contributed by atoms with Gasteiger partial charge in [0.1, 0.15) is 18.3 Å². The number of nitrogens with two attached hydrogens (primary N) is 1. The van der Waals surface area contributed by atoms with Crippen molar-refractivity contribution in [2.75, 3.05) is 19.5 Å². The average molecular weight is 275 g/mol. The molecule has 2 heterocycles. The maximum Gasteiger partial charge on any atom is 0.351 e. The highest BCUT2D eigenvalue weighted by molar-refractivity contribution is 5.26. The van der Waals surface area contributed by atoms with E-state index in [-0.39, 0.29) is 6.61 Å². The van der Waals surface area contributed by atoms with E-state index in [0.29, 0.717) is 0 Å². The third-order valence-corrected chi connectivity index (χ3v) is 2.88. The first-order chi connectivity index (χ1) is 8.95. The van der Waals surface area contributed by atoms with Gasteiger partial charge in [0.25, 0.3) is 0 Å². The van der Waals surface area contributed by atoms with E-state index in [1.54, 1.807) is 0 Å². The monoisotopic (exact) mass is 275 g/mol. The minimum atomic E-state index is -1.40. The first-order valence-corrected chi connectivity index (χ1v) is 5.50. The van der Waals surface area contributed by atoms with Gasteiger partial charge in [-0.25, -0.2) is 9.18 Å². The van der Waals surface area contributed by atoms with Crippen LogP contribution in [-0.2, 0) is 9.47 Å². The molecule has 1 aliphatic rings. The molecular weight excluding hydrogens is 261 g/mol. The lowest BCUT2D eigenvalue weighted by molar-refractivity contribution is -0.0617. The number of halogens is 1. The van der Waals surface area contributed by atoms with Gasteiger partial charge >= 0.3 is 5.69 Å². The topological polar surface area (TPSA) is 120 Å². The van der Waals surface area contributed by atoms with Gasteiger partial charge in [0.2, 0.25) is 0 Å². The van der Waals surface area contributed by atoms with Gasteiger partial charge in [0.05, 0.1) is 12.8 Å². The van der Waals surface area contributed by atoms with Crippen LogP contribution in [0, 0.1) is 5.82 Å². The van der Waals surface area contributed by atoms with Crippen molar-refractivity contribution in [3.63, 3.8) is 0 Å². The zero-order chi connectivity index (χ0) is 14.2. The van der Waals surface area contributed by atoms with Gasteiger partial charge in [0.15, 0.2) is 17.9 Å². The summed E-state index contributed by atoms with van der Waals surface area (Å²) in [6.07, 6.45) is -3.94. The number of aromatic nitrogens is 2. The minimum Gasteiger partial charge on any atom is -0.387 e. The highest BCUT2D eigenvalue weighted by Gasteiger charge is 2.44. The van der Waals surface area contributed by atoms with Gasteiger partial charge in [-0.1, -0.05) is 0 Å². The Morgan fingerprint density at radius 1 is 1.58 bits per heavy atom. The van der Waals surface area contributed by atoms with Crippen LogP contribution in [-0.4, -0.2) is 51.8 Å². The molecule has 0 amide bonds. The standard InChI is InChI=1S/C10H14FN3O5/c1-18-3-5-6(15)7(16)9(19-5)14-2-4(11)8(12)13-10(14)17/h2,5-7,9,15-16H,3H2,1H3,(H2,12,13,17)/t5-,6-,7-,9-/m1/s1. The molecule has 106 valence electrons. The van der Waals surface area contributed by atoms with Crippen LogP contribution in [0.25, 0.3) is 0 Å². The molecule has 19 heavy (non-hydrogen) atoms. The summed E-state index contributed by atoms with van der Waals surface area (Å²) in [5.74, 6) is -1.46. The Kier molecular flexibility index (Phi) is 3.80. The summed E-state index contributed by atoms with van der Waals surface area (Å²) in [4.78, 5) is 14.9. The Morgan fingerprint density at radius 3 is 2.89 bits per heavy atom. The molecule has 0 saturated carbocycles. The summed E-state index contributed by atoms with van der Waals surface area (Å²) in [6.45, 7) is 0.0222. The summed E-state index contributed by atoms with van der Waals surface area (Å²) < 4.78 is 24.1. The fourth-order valence-electron chi connectivity index (χ4n) is 1.90. The fraction of sp³-hybridized carbons (Fsp3) is 0.600. The molecule has 0 aliphatic carbocycles. The van der Waals surface area contributed by atoms with Gasteiger partial charge in [-0.15, -0.1) is 0 Å². The van der Waals surface area contributed by atoms with Crippen LogP contribution in [0.4, 0.5) is 10.2 Å². The first-order valence-electron chi connectivity index (χ1n) is 5.50. The normalized spacial score (nSPS) is 30.7. The molecule has 9 heteroatoms. The Hall–Kier alpha value is -1.55. The zero-order valence-corrected chi connectivity index (χ0v) is 10.1. The quantitative estimate of drug-likeness (QED) is 0.597. The molecule has 0 unspecified atom stereocenters. The summed E-state index contributed by atoms with van der Waals surface area (Å²) in [7, 11) is 1.40. The van der Waals surface area contributed by atoms with Crippen molar-refractivity contribution in [3.8, 4) is 0 Å². The summed E-state index contributed by atoms with van der Waals surface area (Å²) >= 11 is 0. The second-order valence-electron chi connectivity index (χ2n) is 4.17. The van der Waals surface area contributed by atoms with Crippen molar-refractivity contribution in [2.45, 2.75) is 24.5 Å². The van der Waals surface area contributed by atoms with Gasteiger partial charge in [-0.3, -0.25) is 4.57 Å². The van der Waals surface area contributed by atoms with Crippen molar-refractivity contribution < 1.29 is 24.1 Å². The van der Waals surface area contributed by atoms with E-state index in [4.69, 9.17) is 15.2 Å². The highest BCUT2D eigenvalue weighted by Crippen LogP contribution is 2.28. The number of rotatable bonds is 3. The Labute approximate surface area is 107 Å². The predicted molar refractivity (Wildman–Crippen MR) is 60.7 cm³/mol. The number of ether oxygens (including phenoxy) is 2. The molecule has 0 spiro atoms. The molecule has 0 bridgehead atoms. The van der Waals surface area contributed by atoms with E-state index in [1.807, 2.05) is 0 Å². The van der Waals surface area contributed by atoms with Gasteiger partial charge < -0.3 is 25.4 Å². The number of hydrogen-bond acceptors (Lipinski definition) is 7. The van der Waals surface area contributed by atoms with Crippen molar-refractivity contribution in [1.29, 1.82) is 0 Å². The van der Waals surface area contributed by atoms with E-state index in [2.05, 4.69) is 4.98 Å². The number of hydrogen-bond donors (Lipinski definition) is 3. The molecule has 8 nitrogen and oxygen atoms in total. The molecule has 2 rings (SSSR count). The number of nitrogen functional groups attached to an aromatic ring is 1. The van der Waals surface area contributed by atoms with E-state index in [9.17, 15) is 19.4 Å². The maximum atomic E-state index is 13.3. The van der Waals surface area contributed by atoms with Crippen LogP contribution < -0.4 is 11.4 Å². The third kappa shape index (κ3) is 2.45. The lowest BCUT2D eigenvalue weighted by atomic mass is 10.1. The molecule has 1 fully saturated rings. The summed E-state index contributed by atoms with van der Waals surface area (Å²) in [5, 5.41) is 19.5. The van der Waals surface area contributed by atoms with Crippen LogP contribution in [0.2, 0.25) is 0 Å². The Balaban J connectivity index is 2.33. The minimum absolute atomic E-state index is 0.0222. The highest BCUT2D eigenvalue weighted by atomic mass is 19.1. The van der Waals surface area contributed by atoms with Gasteiger partial charge in [0, 0.05) is 7.11 Å². The fourth-order valence-corrected chi connectivity index (χ4v) is 1.90. The SMILES string of the molecule is COC[C@H]1O[C@@H](n2cc(F)c(N)nc2=O)[C@H](O)[C@@H]1O. The molecule has 4 N–H and O–H groups in total. The van der Waals surface area contributed by atoms with Crippen LogP contribution >= 0.6 is 0 Å². The summed E-state index contributed by atoms with van der Waals surface area (Å²) in [6, 6.07) is 0. The first kappa shape index (κ1) is 13.9. The molecular formula is C10H14FN3O5. The average Bonchev–Trinajstić information content (AvgIpc) is 2.63. The van der Waals surface area contributed by atoms with Crippen molar-refractivity contribution in [2.24, 2.45) is 0 Å². The molecule has 1 aromatic heterocycles. The van der Waals surface area contributed by atoms with E-state index in [1.165, 1.54) is 7.11 Å². The molecule has 1 aliphatic heterocycles. The van der Waals surface area contributed by atoms with E-state index < -0.39 is 41.9 Å². The number of nitrogens with zero attached hydrogens (tertiary/aromatic N) is 2. The maximum absolute atomic E-state index is 13.3. The Morgan fingerprint density at radius 2 is 2.26 bits per heavy atom. The van der Waals surface area contributed by atoms with Crippen molar-refractivity contribution >= 4 is 5.82 Å². The van der Waals surface area contributed by atoms with E-state index >= 15 is 0 Å². The van der Waals surface area contributed by atoms with Crippen molar-refractivity contribution in [3.05, 3.63) is 22.5 Å². The molecule has 0 radical (unpaired) electrons. The lowest BCUT2D eigenvalue weighted by Crippen LogP contribution is -2.36. The predicted octanol–water partition coefficient (Wildman–Crippen LogP) is -1.77. The third-order valence-electron chi connectivity index (χ3n) is 2.88. The number of aliphatic hydroxyl groups is 2. The second-order valence-corrected chi connectivity index (χ2v) is 4.17. The second kappa shape index (κ2) is 5.21. The van der Waals surface area contributed by atoms with Gasteiger partial charge in [-0.05, 0) is 0 Å². The molecule has 1 saturated heterocycles. The smallest absolute Gasteiger partial charge is 0.351 e. The number of methoxy groups -OCH3 is 1. The molecule has 4 atom stereocenters. The van der Waals surface area contributed by atoms with Crippen LogP contribution in [0.1, 0.15) is 6.23 Å². The summed E-state index contributed by atoms with van der Waals surface area (Å²) in [5.41, 5.74) is 4.27. The largest absolute Gasteiger partial charge is 0.387 e. The number of anilines is 1. The van der Waals surface area contributed by atoms with E-state index in [0.717, 1.165) is 10.8 Å². The lowest BCUT2D eigenvalue weighted by Gasteiger charge is -2.17. The van der Waals surface area contributed by atoms with Crippen LogP contribution in [0.5, 0.6) is 0 Å². The zero-order valence-electron chi connectivity index (χ0n) is 10.1. The van der Waals surface area contributed by atoms with Crippen LogP contribution in [0.15, 0.2) is 11.0 Å². The van der Waals surface area contributed by atoms with Crippen LogP contribution in [0.3, 0.4) is 0 Å².